The molecule has 0 aliphatic carbocycles. The molecule has 0 aliphatic rings. The molecule has 0 aromatic heterocycles. The van der Waals surface area contributed by atoms with Crippen molar-refractivity contribution in [2.24, 2.45) is 0 Å². The second-order valence-corrected chi connectivity index (χ2v) is 52.2. The van der Waals surface area contributed by atoms with Crippen LogP contribution in [0.25, 0.3) is 0 Å². The molecule has 278 valence electrons. The molecular weight excluding hydrogens is 808 g/mol. The summed E-state index contributed by atoms with van der Waals surface area (Å²) in [6.07, 6.45) is 0. The van der Waals surface area contributed by atoms with Gasteiger partial charge in [0.25, 0.3) is 0 Å². The number of rotatable bonds is 12. The molecule has 0 bridgehead atoms. The van der Waals surface area contributed by atoms with Crippen LogP contribution >= 0.6 is 0 Å². The molecule has 0 spiro atoms. The Kier molecular flexibility index (Phi) is 11.0. The summed E-state index contributed by atoms with van der Waals surface area (Å²) in [6, 6.07) is 107. The van der Waals surface area contributed by atoms with E-state index in [1.807, 2.05) is 0 Å². The van der Waals surface area contributed by atoms with E-state index in [0.717, 1.165) is 0 Å². The Morgan fingerprint density at radius 2 is 0.259 bits per heavy atom. The predicted octanol–water partition coefficient (Wildman–Crippen LogP) is 6.23. The molecule has 0 saturated carbocycles. The fourth-order valence-corrected chi connectivity index (χ4v) is 115. The van der Waals surface area contributed by atoms with Crippen LogP contribution in [0, 0.1) is 0 Å². The molecule has 0 nitrogen and oxygen atoms in total. The molecule has 0 fully saturated rings. The first-order chi connectivity index (χ1) is 28.8. The molecule has 0 aliphatic heterocycles. The first kappa shape index (κ1) is 37.7. The summed E-state index contributed by atoms with van der Waals surface area (Å²) < 4.78 is 0. The maximum atomic E-state index is 2.51. The fourth-order valence-electron chi connectivity index (χ4n) is 9.53. The Morgan fingerprint density at radius 3 is 0.362 bits per heavy atom. The second-order valence-electron chi connectivity index (χ2n) is 14.8. The van der Waals surface area contributed by atoms with E-state index in [1.54, 1.807) is 0 Å². The molecule has 9 rings (SSSR count). The van der Waals surface area contributed by atoms with Gasteiger partial charge in [-0.25, -0.2) is 0 Å². The first-order valence-electron chi connectivity index (χ1n) is 20.1. The first-order valence-corrected chi connectivity index (χ1v) is 34.4. The summed E-state index contributed by atoms with van der Waals surface area (Å²) >= 11 is -2.74. The SMILES string of the molecule is c1ccc([Si](c2ccccc2)(c2ccccc2)[As]([Si](c2ccccc2)(c2ccccc2)c2ccccc2)[Si](c2ccccc2)(c2ccccc2)c2ccccc2)cc1. The Balaban J connectivity index is 1.68. The van der Waals surface area contributed by atoms with Gasteiger partial charge in [-0.05, 0) is 0 Å². The number of hydrogen-bond acceptors (Lipinski definition) is 0. The van der Waals surface area contributed by atoms with Crippen molar-refractivity contribution in [3.05, 3.63) is 273 Å². The van der Waals surface area contributed by atoms with Gasteiger partial charge < -0.3 is 0 Å². The average molecular weight is 853 g/mol. The summed E-state index contributed by atoms with van der Waals surface area (Å²) in [4.78, 5) is 0. The molecule has 0 saturated heterocycles. The third-order valence-corrected chi connectivity index (χ3v) is 82.9. The van der Waals surface area contributed by atoms with Crippen molar-refractivity contribution in [1.29, 1.82) is 0 Å². The molecule has 0 unspecified atom stereocenters. The maximum absolute atomic E-state index is 3.15. The van der Waals surface area contributed by atoms with Gasteiger partial charge in [-0.3, -0.25) is 0 Å². The summed E-state index contributed by atoms with van der Waals surface area (Å²) in [6.45, 7) is -9.45. The monoisotopic (exact) mass is 852 g/mol. The van der Waals surface area contributed by atoms with E-state index >= 15 is 0 Å². The van der Waals surface area contributed by atoms with E-state index in [9.17, 15) is 0 Å². The summed E-state index contributed by atoms with van der Waals surface area (Å²) in [5, 5.41) is 13.4. The van der Waals surface area contributed by atoms with Crippen molar-refractivity contribution >= 4 is 79.0 Å². The predicted molar refractivity (Wildman–Crippen MR) is 258 cm³/mol. The van der Waals surface area contributed by atoms with Crippen LogP contribution in [0.3, 0.4) is 0 Å². The van der Waals surface area contributed by atoms with Crippen LogP contribution < -0.4 is 46.7 Å². The zero-order chi connectivity index (χ0) is 39.1. The van der Waals surface area contributed by atoms with E-state index < -0.39 is 32.3 Å². The standard InChI is InChI=1S/C54H45AsSi3/c1-10-28-46(29-11-1)56(47-30-12-2-13-31-47,48-32-14-3-15-33-48)55(57(49-34-16-4-17-35-49,50-36-18-5-19-37-50)51-38-20-6-21-39-51)58(52-40-22-7-23-41-52,53-42-24-8-25-43-53)54-44-26-9-27-45-54/h1-45H. The molecule has 0 N–H and O–H groups in total. The normalized spacial score (nSPS) is 11.9. The molecule has 0 atom stereocenters. The van der Waals surface area contributed by atoms with E-state index in [1.165, 1.54) is 46.7 Å². The molecular formula is C54H45AsSi3. The molecule has 9 aromatic rings. The third-order valence-electron chi connectivity index (χ3n) is 11.7. The van der Waals surface area contributed by atoms with Gasteiger partial charge in [-0.15, -0.1) is 0 Å². The Morgan fingerprint density at radius 1 is 0.155 bits per heavy atom. The minimum absolute atomic E-state index is 1.49. The van der Waals surface area contributed by atoms with Crippen molar-refractivity contribution in [1.82, 2.24) is 0 Å². The quantitative estimate of drug-likeness (QED) is 0.101. The van der Waals surface area contributed by atoms with E-state index in [2.05, 4.69) is 273 Å². The third kappa shape index (κ3) is 6.36. The van der Waals surface area contributed by atoms with Gasteiger partial charge >= 0.3 is 352 Å². The number of benzene rings is 9. The van der Waals surface area contributed by atoms with Gasteiger partial charge in [-0.2, -0.15) is 0 Å². The van der Waals surface area contributed by atoms with Gasteiger partial charge in [0.05, 0.1) is 0 Å². The van der Waals surface area contributed by atoms with Crippen molar-refractivity contribution in [3.63, 3.8) is 0 Å². The zero-order valence-corrected chi connectivity index (χ0v) is 37.3. The van der Waals surface area contributed by atoms with Crippen molar-refractivity contribution in [2.45, 2.75) is 0 Å². The van der Waals surface area contributed by atoms with Crippen LogP contribution in [0.1, 0.15) is 0 Å². The fraction of sp³-hybridized carbons (Fsp3) is 0. The Bertz CT molecular complexity index is 2040. The molecule has 9 aromatic carbocycles. The van der Waals surface area contributed by atoms with Gasteiger partial charge in [0.2, 0.25) is 0 Å². The van der Waals surface area contributed by atoms with Crippen LogP contribution in [-0.4, -0.2) is 32.3 Å². The number of hydrogen-bond donors (Lipinski definition) is 0. The molecule has 58 heavy (non-hydrogen) atoms. The van der Waals surface area contributed by atoms with Gasteiger partial charge in [0.15, 0.2) is 0 Å². The molecule has 0 amide bonds. The van der Waals surface area contributed by atoms with Crippen molar-refractivity contribution < 1.29 is 0 Å². The average Bonchev–Trinajstić information content (AvgIpc) is 3.33. The van der Waals surface area contributed by atoms with Gasteiger partial charge in [0, 0.05) is 0 Å². The second kappa shape index (κ2) is 17.0. The van der Waals surface area contributed by atoms with Crippen molar-refractivity contribution in [3.8, 4) is 0 Å². The van der Waals surface area contributed by atoms with E-state index in [0.29, 0.717) is 0 Å². The zero-order valence-electron chi connectivity index (χ0n) is 32.4. The summed E-state index contributed by atoms with van der Waals surface area (Å²) in [5.41, 5.74) is 0. The van der Waals surface area contributed by atoms with Crippen LogP contribution in [0.4, 0.5) is 0 Å². The summed E-state index contributed by atoms with van der Waals surface area (Å²) in [7, 11) is 0. The van der Waals surface area contributed by atoms with Crippen molar-refractivity contribution in [2.75, 3.05) is 0 Å². The van der Waals surface area contributed by atoms with Crippen LogP contribution in [-0.2, 0) is 0 Å². The van der Waals surface area contributed by atoms with Crippen LogP contribution in [0.2, 0.25) is 0 Å². The molecule has 0 radical (unpaired) electrons. The Hall–Kier alpha value is -5.81. The summed E-state index contributed by atoms with van der Waals surface area (Å²) in [5.74, 6) is 0. The van der Waals surface area contributed by atoms with Gasteiger partial charge in [-0.1, -0.05) is 0 Å². The van der Waals surface area contributed by atoms with Crippen LogP contribution in [0.5, 0.6) is 0 Å². The molecule has 4 heteroatoms. The molecule has 0 heterocycles. The topological polar surface area (TPSA) is 0 Å². The Labute approximate surface area is 349 Å². The minimum atomic E-state index is -3.15. The van der Waals surface area contributed by atoms with Crippen LogP contribution in [0.15, 0.2) is 273 Å². The van der Waals surface area contributed by atoms with E-state index in [4.69, 9.17) is 0 Å². The van der Waals surface area contributed by atoms with E-state index in [-0.39, 0.29) is 0 Å². The van der Waals surface area contributed by atoms with Gasteiger partial charge in [0.1, 0.15) is 0 Å².